The van der Waals surface area contributed by atoms with Crippen molar-refractivity contribution < 1.29 is 35.9 Å². The Labute approximate surface area is 241 Å². The van der Waals surface area contributed by atoms with E-state index in [0.717, 1.165) is 35.2 Å². The maximum Gasteiger partial charge on any atom is 0.573 e. The van der Waals surface area contributed by atoms with E-state index in [1.807, 2.05) is 24.3 Å². The van der Waals surface area contributed by atoms with Crippen LogP contribution in [-0.2, 0) is 21.3 Å². The number of hydrogen-bond acceptors (Lipinski definition) is 7. The van der Waals surface area contributed by atoms with Gasteiger partial charge in [-0.15, -0.1) is 13.2 Å². The van der Waals surface area contributed by atoms with Gasteiger partial charge < -0.3 is 14.4 Å². The van der Waals surface area contributed by atoms with Crippen LogP contribution in [0, 0.1) is 0 Å². The quantitative estimate of drug-likeness (QED) is 0.224. The second kappa shape index (κ2) is 11.6. The average molecular weight is 600 g/mol. The fourth-order valence-corrected chi connectivity index (χ4v) is 5.97. The Hall–Kier alpha value is -4.16. The Morgan fingerprint density at radius 1 is 1.07 bits per heavy atom. The molecule has 1 aliphatic rings. The number of fused-ring (bicyclic) bond motifs is 1. The van der Waals surface area contributed by atoms with E-state index < -0.39 is 34.0 Å². The number of alkyl halides is 3. The summed E-state index contributed by atoms with van der Waals surface area (Å²) in [6, 6.07) is 17.8. The lowest BCUT2D eigenvalue weighted by atomic mass is 9.94. The van der Waals surface area contributed by atoms with Gasteiger partial charge in [-0.05, 0) is 71.7 Å². The van der Waals surface area contributed by atoms with Crippen LogP contribution in [0.1, 0.15) is 40.2 Å². The zero-order valence-corrected chi connectivity index (χ0v) is 23.6. The summed E-state index contributed by atoms with van der Waals surface area (Å²) in [5, 5.41) is 1.87. The second-order valence-electron chi connectivity index (χ2n) is 10.1. The molecule has 1 aliphatic carbocycles. The van der Waals surface area contributed by atoms with Crippen molar-refractivity contribution in [3.63, 3.8) is 0 Å². The molecule has 0 spiro atoms. The van der Waals surface area contributed by atoms with Gasteiger partial charge in [0.15, 0.2) is 0 Å². The summed E-state index contributed by atoms with van der Waals surface area (Å²) in [6.07, 6.45) is -1.37. The van der Waals surface area contributed by atoms with Gasteiger partial charge in [0.25, 0.3) is 0 Å². The number of pyridine rings is 1. The lowest BCUT2D eigenvalue weighted by molar-refractivity contribution is -0.274. The van der Waals surface area contributed by atoms with Gasteiger partial charge in [-0.2, -0.15) is 0 Å². The number of benzene rings is 3. The Kier molecular flexibility index (Phi) is 8.11. The molecule has 0 radical (unpaired) electrons. The lowest BCUT2D eigenvalue weighted by Gasteiger charge is -2.21. The molecule has 1 N–H and O–H groups in total. The van der Waals surface area contributed by atoms with Crippen molar-refractivity contribution >= 4 is 32.5 Å². The minimum Gasteiger partial charge on any atom is -0.465 e. The van der Waals surface area contributed by atoms with Crippen LogP contribution in [0.3, 0.4) is 0 Å². The fraction of sp³-hybridized carbons (Fsp3) is 0.267. The van der Waals surface area contributed by atoms with Gasteiger partial charge in [-0.3, -0.25) is 4.98 Å². The fourth-order valence-electron chi connectivity index (χ4n) is 4.85. The first-order chi connectivity index (χ1) is 19.9. The number of carbonyl (C=O) groups excluding carboxylic acids is 1. The Morgan fingerprint density at radius 3 is 2.45 bits per heavy atom. The standard InChI is InChI=1S/C30H28F3N3O5S/c1-36(23-12-9-20(10-13-23)29(37)40-2)18-42(38,39)35-17-22-11-14-24(41-30(31,32)33)15-26(22)28-27(19-7-8-19)25-6-4-3-5-21(25)16-34-28/h3-6,9-16,19,35H,7-8,17-18H2,1-2H3. The van der Waals surface area contributed by atoms with Crippen molar-refractivity contribution in [2.24, 2.45) is 0 Å². The summed E-state index contributed by atoms with van der Waals surface area (Å²) in [6.45, 7) is -0.183. The molecule has 5 rings (SSSR count). The van der Waals surface area contributed by atoms with Crippen LogP contribution in [0.2, 0.25) is 0 Å². The van der Waals surface area contributed by atoms with Crippen LogP contribution >= 0.6 is 0 Å². The predicted octanol–water partition coefficient (Wildman–Crippen LogP) is 5.98. The van der Waals surface area contributed by atoms with Crippen molar-refractivity contribution in [3.8, 4) is 17.0 Å². The molecule has 0 bridgehead atoms. The number of nitrogens with one attached hydrogen (secondary N) is 1. The molecule has 0 saturated heterocycles. The van der Waals surface area contributed by atoms with Crippen LogP contribution in [0.25, 0.3) is 22.0 Å². The summed E-state index contributed by atoms with van der Waals surface area (Å²) in [7, 11) is -1.04. The highest BCUT2D eigenvalue weighted by Crippen LogP contribution is 2.47. The van der Waals surface area contributed by atoms with Gasteiger partial charge in [0.2, 0.25) is 10.0 Å². The molecule has 0 atom stereocenters. The first-order valence-corrected chi connectivity index (χ1v) is 14.7. The molecule has 3 aromatic carbocycles. The SMILES string of the molecule is COC(=O)c1ccc(N(C)CS(=O)(=O)NCc2ccc(OC(F)(F)F)cc2-c2ncc3ccccc3c2C2CC2)cc1. The van der Waals surface area contributed by atoms with Crippen LogP contribution in [-0.4, -0.2) is 45.8 Å². The second-order valence-corrected chi connectivity index (χ2v) is 11.8. The van der Waals surface area contributed by atoms with Gasteiger partial charge in [0, 0.05) is 36.4 Å². The molecule has 0 aliphatic heterocycles. The maximum absolute atomic E-state index is 13.1. The third-order valence-corrected chi connectivity index (χ3v) is 8.28. The molecule has 220 valence electrons. The van der Waals surface area contributed by atoms with Crippen LogP contribution in [0.5, 0.6) is 5.75 Å². The van der Waals surface area contributed by atoms with Crippen LogP contribution in [0.15, 0.2) is 72.9 Å². The number of carbonyl (C=O) groups is 1. The molecular formula is C30H28F3N3O5S. The van der Waals surface area contributed by atoms with Crippen molar-refractivity contribution in [1.82, 2.24) is 9.71 Å². The highest BCUT2D eigenvalue weighted by molar-refractivity contribution is 7.89. The van der Waals surface area contributed by atoms with E-state index in [-0.39, 0.29) is 12.5 Å². The van der Waals surface area contributed by atoms with Gasteiger partial charge in [-0.1, -0.05) is 30.3 Å². The smallest absolute Gasteiger partial charge is 0.465 e. The summed E-state index contributed by atoms with van der Waals surface area (Å²) in [4.78, 5) is 17.8. The number of rotatable bonds is 10. The van der Waals surface area contributed by atoms with Crippen molar-refractivity contribution in [2.45, 2.75) is 31.7 Å². The van der Waals surface area contributed by atoms with Crippen molar-refractivity contribution in [2.75, 3.05) is 24.9 Å². The lowest BCUT2D eigenvalue weighted by Crippen LogP contribution is -2.34. The molecule has 0 unspecified atom stereocenters. The molecular weight excluding hydrogens is 571 g/mol. The van der Waals surface area contributed by atoms with Crippen LogP contribution in [0.4, 0.5) is 18.9 Å². The number of ether oxygens (including phenoxy) is 2. The third-order valence-electron chi connectivity index (χ3n) is 6.97. The molecule has 4 aromatic rings. The normalized spacial score (nSPS) is 13.6. The van der Waals surface area contributed by atoms with Crippen molar-refractivity contribution in [1.29, 1.82) is 0 Å². The molecule has 0 amide bonds. The monoisotopic (exact) mass is 599 g/mol. The van der Waals surface area contributed by atoms with E-state index in [1.54, 1.807) is 25.4 Å². The number of hydrogen-bond donors (Lipinski definition) is 1. The first kappa shape index (κ1) is 29.3. The molecule has 8 nitrogen and oxygen atoms in total. The van der Waals surface area contributed by atoms with Gasteiger partial charge in [-0.25, -0.2) is 17.9 Å². The number of anilines is 1. The summed E-state index contributed by atoms with van der Waals surface area (Å²) < 4.78 is 76.8. The highest BCUT2D eigenvalue weighted by atomic mass is 32.2. The number of esters is 1. The number of aromatic nitrogens is 1. The number of halogens is 3. The number of nitrogens with zero attached hydrogens (tertiary/aromatic N) is 2. The highest BCUT2D eigenvalue weighted by Gasteiger charge is 2.33. The minimum absolute atomic E-state index is 0.183. The van der Waals surface area contributed by atoms with E-state index >= 15 is 0 Å². The first-order valence-electron chi connectivity index (χ1n) is 13.1. The van der Waals surface area contributed by atoms with E-state index in [2.05, 4.69) is 19.2 Å². The van der Waals surface area contributed by atoms with E-state index in [4.69, 9.17) is 0 Å². The largest absolute Gasteiger partial charge is 0.573 e. The van der Waals surface area contributed by atoms with Gasteiger partial charge >= 0.3 is 12.3 Å². The zero-order valence-electron chi connectivity index (χ0n) is 22.8. The van der Waals surface area contributed by atoms with Gasteiger partial charge in [0.1, 0.15) is 11.6 Å². The van der Waals surface area contributed by atoms with E-state index in [0.29, 0.717) is 28.1 Å². The molecule has 1 saturated carbocycles. The van der Waals surface area contributed by atoms with Gasteiger partial charge in [0.05, 0.1) is 18.4 Å². The number of sulfonamides is 1. The molecule has 42 heavy (non-hydrogen) atoms. The number of methoxy groups -OCH3 is 1. The van der Waals surface area contributed by atoms with E-state index in [9.17, 15) is 26.4 Å². The summed E-state index contributed by atoms with van der Waals surface area (Å²) in [5.74, 6) is -1.13. The molecule has 1 fully saturated rings. The van der Waals surface area contributed by atoms with Crippen molar-refractivity contribution in [3.05, 3.63) is 89.6 Å². The minimum atomic E-state index is -4.89. The summed E-state index contributed by atoms with van der Waals surface area (Å²) in [5.41, 5.74) is 3.12. The molecule has 12 heteroatoms. The van der Waals surface area contributed by atoms with E-state index in [1.165, 1.54) is 36.3 Å². The third kappa shape index (κ3) is 6.82. The average Bonchev–Trinajstić information content (AvgIpc) is 3.80. The Bertz CT molecular complexity index is 1720. The predicted molar refractivity (Wildman–Crippen MR) is 153 cm³/mol. The van der Waals surface area contributed by atoms with Crippen LogP contribution < -0.4 is 14.4 Å². The molecule has 1 heterocycles. The zero-order chi connectivity index (χ0) is 30.1. The molecule has 1 aromatic heterocycles. The Balaban J connectivity index is 1.43. The summed E-state index contributed by atoms with van der Waals surface area (Å²) >= 11 is 0. The Morgan fingerprint density at radius 2 is 1.79 bits per heavy atom. The topological polar surface area (TPSA) is 97.8 Å². The maximum atomic E-state index is 13.1.